The first-order valence-corrected chi connectivity index (χ1v) is 9.55. The molecule has 2 aromatic heterocycles. The maximum absolute atomic E-state index is 12.6. The van der Waals surface area contributed by atoms with Crippen LogP contribution in [0.25, 0.3) is 10.6 Å². The van der Waals surface area contributed by atoms with E-state index in [1.807, 2.05) is 78.2 Å². The van der Waals surface area contributed by atoms with E-state index >= 15 is 0 Å². The highest BCUT2D eigenvalue weighted by atomic mass is 32.1. The average Bonchev–Trinajstić information content (AvgIpc) is 3.40. The number of benzene rings is 2. The Labute approximate surface area is 161 Å². The predicted octanol–water partition coefficient (Wildman–Crippen LogP) is 4.85. The van der Waals surface area contributed by atoms with Gasteiger partial charge < -0.3 is 9.73 Å². The highest BCUT2D eigenvalue weighted by molar-refractivity contribution is 7.13. The number of hydrogen-bond donors (Lipinski definition) is 1. The monoisotopic (exact) mass is 374 g/mol. The second-order valence-electron chi connectivity index (χ2n) is 6.11. The number of aromatic nitrogens is 1. The molecule has 4 nitrogen and oxygen atoms in total. The molecule has 0 bridgehead atoms. The van der Waals surface area contributed by atoms with E-state index in [1.165, 1.54) is 0 Å². The van der Waals surface area contributed by atoms with Crippen molar-refractivity contribution in [3.05, 3.63) is 101 Å². The Morgan fingerprint density at radius 3 is 2.44 bits per heavy atom. The van der Waals surface area contributed by atoms with Gasteiger partial charge in [0.25, 0.3) is 0 Å². The summed E-state index contributed by atoms with van der Waals surface area (Å²) in [5.41, 5.74) is 2.80. The smallest absolute Gasteiger partial charge is 0.226 e. The van der Waals surface area contributed by atoms with Gasteiger partial charge in [-0.15, -0.1) is 11.3 Å². The number of hydrogen-bond acceptors (Lipinski definition) is 4. The topological polar surface area (TPSA) is 55.1 Å². The summed E-state index contributed by atoms with van der Waals surface area (Å²) >= 11 is 1.55. The van der Waals surface area contributed by atoms with E-state index in [1.54, 1.807) is 17.6 Å². The number of furan rings is 1. The quantitative estimate of drug-likeness (QED) is 0.525. The lowest BCUT2D eigenvalue weighted by molar-refractivity contribution is -0.121. The molecule has 1 amide bonds. The predicted molar refractivity (Wildman–Crippen MR) is 106 cm³/mol. The van der Waals surface area contributed by atoms with E-state index in [0.29, 0.717) is 5.76 Å². The molecule has 1 N–H and O–H groups in total. The van der Waals surface area contributed by atoms with Gasteiger partial charge in [-0.1, -0.05) is 60.7 Å². The van der Waals surface area contributed by atoms with Crippen molar-refractivity contribution in [2.24, 2.45) is 0 Å². The molecule has 4 aromatic rings. The van der Waals surface area contributed by atoms with Gasteiger partial charge in [0.2, 0.25) is 5.91 Å². The minimum atomic E-state index is -0.319. The molecule has 1 atom stereocenters. The molecule has 134 valence electrons. The molecule has 1 unspecified atom stereocenters. The van der Waals surface area contributed by atoms with Gasteiger partial charge in [0, 0.05) is 10.9 Å². The van der Waals surface area contributed by atoms with E-state index in [-0.39, 0.29) is 18.4 Å². The van der Waals surface area contributed by atoms with Crippen molar-refractivity contribution >= 4 is 17.2 Å². The Bertz CT molecular complexity index is 995. The summed E-state index contributed by atoms with van der Waals surface area (Å²) in [7, 11) is 0. The van der Waals surface area contributed by atoms with E-state index in [4.69, 9.17) is 4.42 Å². The fraction of sp³-hybridized carbons (Fsp3) is 0.0909. The lowest BCUT2D eigenvalue weighted by atomic mass is 10.0. The lowest BCUT2D eigenvalue weighted by Gasteiger charge is -2.17. The van der Waals surface area contributed by atoms with Crippen LogP contribution in [0.15, 0.2) is 88.9 Å². The molecule has 0 spiro atoms. The molecule has 0 radical (unpaired) electrons. The number of thiazole rings is 1. The lowest BCUT2D eigenvalue weighted by Crippen LogP contribution is -2.30. The Kier molecular flexibility index (Phi) is 5.12. The number of rotatable bonds is 6. The zero-order valence-electron chi connectivity index (χ0n) is 14.5. The number of carbonyl (C=O) groups is 1. The molecule has 0 aliphatic carbocycles. The minimum absolute atomic E-state index is 0.0924. The summed E-state index contributed by atoms with van der Waals surface area (Å²) in [5.74, 6) is 0.614. The molecule has 5 heteroatoms. The third-order valence-corrected chi connectivity index (χ3v) is 5.12. The van der Waals surface area contributed by atoms with Crippen LogP contribution in [-0.2, 0) is 11.2 Å². The van der Waals surface area contributed by atoms with E-state index in [0.717, 1.165) is 21.8 Å². The summed E-state index contributed by atoms with van der Waals surface area (Å²) in [4.78, 5) is 17.2. The molecule has 0 aliphatic heterocycles. The average molecular weight is 374 g/mol. The van der Waals surface area contributed by atoms with Crippen molar-refractivity contribution in [3.63, 3.8) is 0 Å². The fourth-order valence-corrected chi connectivity index (χ4v) is 3.72. The molecular weight excluding hydrogens is 356 g/mol. The van der Waals surface area contributed by atoms with Gasteiger partial charge in [0.15, 0.2) is 0 Å². The Morgan fingerprint density at radius 1 is 1.00 bits per heavy atom. The molecule has 2 heterocycles. The van der Waals surface area contributed by atoms with Crippen molar-refractivity contribution in [1.29, 1.82) is 0 Å². The normalized spacial score (nSPS) is 11.9. The van der Waals surface area contributed by atoms with Gasteiger partial charge in [-0.2, -0.15) is 0 Å². The van der Waals surface area contributed by atoms with Gasteiger partial charge in [-0.05, 0) is 17.7 Å². The van der Waals surface area contributed by atoms with Crippen molar-refractivity contribution in [3.8, 4) is 10.6 Å². The molecule has 0 fully saturated rings. The van der Waals surface area contributed by atoms with Crippen LogP contribution in [0.5, 0.6) is 0 Å². The van der Waals surface area contributed by atoms with Crippen LogP contribution >= 0.6 is 11.3 Å². The van der Waals surface area contributed by atoms with E-state index in [2.05, 4.69) is 10.3 Å². The van der Waals surface area contributed by atoms with Crippen LogP contribution in [0, 0.1) is 0 Å². The SMILES string of the molecule is O=C(Cc1csc(-c2ccccc2)n1)NC(c1ccccc1)c1ccco1. The van der Waals surface area contributed by atoms with Crippen molar-refractivity contribution < 1.29 is 9.21 Å². The molecule has 0 saturated carbocycles. The van der Waals surface area contributed by atoms with Crippen molar-refractivity contribution in [2.75, 3.05) is 0 Å². The van der Waals surface area contributed by atoms with Gasteiger partial charge in [-0.3, -0.25) is 4.79 Å². The first-order chi connectivity index (χ1) is 13.3. The molecule has 0 aliphatic rings. The zero-order valence-corrected chi connectivity index (χ0v) is 15.4. The summed E-state index contributed by atoms with van der Waals surface area (Å²) in [6.07, 6.45) is 1.84. The summed E-state index contributed by atoms with van der Waals surface area (Å²) < 4.78 is 5.53. The van der Waals surface area contributed by atoms with Crippen LogP contribution in [0.4, 0.5) is 0 Å². The third-order valence-electron chi connectivity index (χ3n) is 4.18. The van der Waals surface area contributed by atoms with Crippen LogP contribution in [0.1, 0.15) is 23.1 Å². The highest BCUT2D eigenvalue weighted by Crippen LogP contribution is 2.25. The largest absolute Gasteiger partial charge is 0.467 e. The maximum Gasteiger partial charge on any atom is 0.226 e. The first kappa shape index (κ1) is 17.2. The van der Waals surface area contributed by atoms with Crippen molar-refractivity contribution in [2.45, 2.75) is 12.5 Å². The Morgan fingerprint density at radius 2 is 1.74 bits per heavy atom. The molecule has 4 rings (SSSR count). The highest BCUT2D eigenvalue weighted by Gasteiger charge is 2.20. The van der Waals surface area contributed by atoms with Crippen molar-refractivity contribution in [1.82, 2.24) is 10.3 Å². The summed E-state index contributed by atoms with van der Waals surface area (Å²) in [6.45, 7) is 0. The molecular formula is C22H18N2O2S. The zero-order chi connectivity index (χ0) is 18.5. The second kappa shape index (κ2) is 8.01. The summed E-state index contributed by atoms with van der Waals surface area (Å²) in [5, 5.41) is 5.92. The second-order valence-corrected chi connectivity index (χ2v) is 6.97. The number of carbonyl (C=O) groups excluding carboxylic acids is 1. The number of amides is 1. The van der Waals surface area contributed by atoms with Gasteiger partial charge in [0.1, 0.15) is 16.8 Å². The van der Waals surface area contributed by atoms with Gasteiger partial charge >= 0.3 is 0 Å². The van der Waals surface area contributed by atoms with Crippen LogP contribution in [-0.4, -0.2) is 10.9 Å². The Hall–Kier alpha value is -3.18. The maximum atomic E-state index is 12.6. The Balaban J connectivity index is 1.49. The molecule has 0 saturated heterocycles. The van der Waals surface area contributed by atoms with Crippen LogP contribution in [0.2, 0.25) is 0 Å². The summed E-state index contributed by atoms with van der Waals surface area (Å²) in [6, 6.07) is 23.2. The van der Waals surface area contributed by atoms with Crippen LogP contribution in [0.3, 0.4) is 0 Å². The van der Waals surface area contributed by atoms with E-state index in [9.17, 15) is 4.79 Å². The molecule has 27 heavy (non-hydrogen) atoms. The van der Waals surface area contributed by atoms with Crippen LogP contribution < -0.4 is 5.32 Å². The molecule has 2 aromatic carbocycles. The first-order valence-electron chi connectivity index (χ1n) is 8.67. The number of nitrogens with zero attached hydrogens (tertiary/aromatic N) is 1. The van der Waals surface area contributed by atoms with Gasteiger partial charge in [0.05, 0.1) is 18.4 Å². The van der Waals surface area contributed by atoms with E-state index < -0.39 is 0 Å². The fourth-order valence-electron chi connectivity index (χ4n) is 2.90. The minimum Gasteiger partial charge on any atom is -0.467 e. The standard InChI is InChI=1S/C22H18N2O2S/c25-20(14-18-15-27-22(23-18)17-10-5-2-6-11-17)24-21(19-12-7-13-26-19)16-8-3-1-4-9-16/h1-13,15,21H,14H2,(H,24,25). The third kappa shape index (κ3) is 4.15. The van der Waals surface area contributed by atoms with Gasteiger partial charge in [-0.25, -0.2) is 4.98 Å². The number of nitrogens with one attached hydrogen (secondary N) is 1.